The average Bonchev–Trinajstić information content (AvgIpc) is 3.29. The standard InChI is InChI=1S/C25H37N3O2/c1-19-10-12-22(13-11-19)24(29)27-17-15-26(16-18-27)23(21-8-3-4-9-21)25(30)28-14-6-5-7-20(28)2/h10-13,20-21,23H,3-9,14-18H2,1-2H3/t20-,23-/m0/s1. The van der Waals surface area contributed by atoms with E-state index in [9.17, 15) is 9.59 Å². The van der Waals surface area contributed by atoms with E-state index in [1.165, 1.54) is 37.7 Å². The first-order valence-corrected chi connectivity index (χ1v) is 11.9. The lowest BCUT2D eigenvalue weighted by Crippen LogP contribution is -2.60. The van der Waals surface area contributed by atoms with E-state index < -0.39 is 0 Å². The molecular formula is C25H37N3O2. The molecule has 0 bridgehead atoms. The number of likely N-dealkylation sites (tertiary alicyclic amines) is 1. The molecule has 0 spiro atoms. The molecule has 2 heterocycles. The maximum atomic E-state index is 13.7. The normalized spacial score (nSPS) is 24.8. The molecule has 3 aliphatic rings. The van der Waals surface area contributed by atoms with E-state index in [0.29, 0.717) is 31.0 Å². The molecule has 2 atom stereocenters. The van der Waals surface area contributed by atoms with Crippen LogP contribution >= 0.6 is 0 Å². The van der Waals surface area contributed by atoms with Crippen molar-refractivity contribution < 1.29 is 9.59 Å². The average molecular weight is 412 g/mol. The Balaban J connectivity index is 1.43. The molecule has 0 aromatic heterocycles. The van der Waals surface area contributed by atoms with Gasteiger partial charge in [0, 0.05) is 44.3 Å². The Labute approximate surface area is 181 Å². The van der Waals surface area contributed by atoms with Crippen LogP contribution in [0.1, 0.15) is 67.8 Å². The fraction of sp³-hybridized carbons (Fsp3) is 0.680. The van der Waals surface area contributed by atoms with Crippen molar-refractivity contribution >= 4 is 11.8 Å². The number of rotatable bonds is 4. The number of hydrogen-bond acceptors (Lipinski definition) is 3. The summed E-state index contributed by atoms with van der Waals surface area (Å²) in [5.41, 5.74) is 1.93. The predicted molar refractivity (Wildman–Crippen MR) is 119 cm³/mol. The minimum absolute atomic E-state index is 0.00433. The van der Waals surface area contributed by atoms with Crippen LogP contribution < -0.4 is 0 Å². The zero-order valence-electron chi connectivity index (χ0n) is 18.7. The number of piperazine rings is 1. The van der Waals surface area contributed by atoms with Crippen molar-refractivity contribution in [3.05, 3.63) is 35.4 Å². The van der Waals surface area contributed by atoms with Crippen molar-refractivity contribution in [2.24, 2.45) is 5.92 Å². The quantitative estimate of drug-likeness (QED) is 0.759. The molecule has 3 fully saturated rings. The van der Waals surface area contributed by atoms with Crippen LogP contribution in [-0.4, -0.2) is 71.3 Å². The summed E-state index contributed by atoms with van der Waals surface area (Å²) in [6.45, 7) is 8.17. The summed E-state index contributed by atoms with van der Waals surface area (Å²) < 4.78 is 0. The zero-order chi connectivity index (χ0) is 21.1. The first-order valence-electron chi connectivity index (χ1n) is 11.9. The molecule has 5 nitrogen and oxygen atoms in total. The minimum Gasteiger partial charge on any atom is -0.339 e. The van der Waals surface area contributed by atoms with Crippen molar-refractivity contribution in [3.8, 4) is 0 Å². The molecule has 2 aliphatic heterocycles. The zero-order valence-corrected chi connectivity index (χ0v) is 18.7. The molecule has 5 heteroatoms. The largest absolute Gasteiger partial charge is 0.339 e. The van der Waals surface area contributed by atoms with Gasteiger partial charge in [-0.2, -0.15) is 0 Å². The summed E-state index contributed by atoms with van der Waals surface area (Å²) in [5, 5.41) is 0. The van der Waals surface area contributed by atoms with Crippen LogP contribution in [0.4, 0.5) is 0 Å². The van der Waals surface area contributed by atoms with Gasteiger partial charge in [-0.15, -0.1) is 0 Å². The van der Waals surface area contributed by atoms with Gasteiger partial charge in [0.1, 0.15) is 0 Å². The summed E-state index contributed by atoms with van der Waals surface area (Å²) in [5.74, 6) is 0.946. The molecule has 0 N–H and O–H groups in total. The molecule has 0 unspecified atom stereocenters. The van der Waals surface area contributed by atoms with Gasteiger partial charge in [-0.1, -0.05) is 30.5 Å². The van der Waals surface area contributed by atoms with Crippen molar-refractivity contribution in [2.75, 3.05) is 32.7 Å². The van der Waals surface area contributed by atoms with E-state index in [1.54, 1.807) is 0 Å². The Kier molecular flexibility index (Phi) is 6.77. The fourth-order valence-corrected chi connectivity index (χ4v) is 5.61. The number of aryl methyl sites for hydroxylation is 1. The molecule has 0 radical (unpaired) electrons. The van der Waals surface area contributed by atoms with E-state index in [-0.39, 0.29) is 11.9 Å². The minimum atomic E-state index is 0.00433. The third-order valence-electron chi connectivity index (χ3n) is 7.48. The van der Waals surface area contributed by atoms with Crippen molar-refractivity contribution in [1.82, 2.24) is 14.7 Å². The molecule has 2 amide bonds. The number of piperidine rings is 1. The second kappa shape index (κ2) is 9.51. The number of amides is 2. The van der Waals surface area contributed by atoms with Crippen LogP contribution in [0.15, 0.2) is 24.3 Å². The molecule has 1 aromatic carbocycles. The van der Waals surface area contributed by atoms with Gasteiger partial charge in [0.15, 0.2) is 0 Å². The van der Waals surface area contributed by atoms with Crippen LogP contribution in [0.5, 0.6) is 0 Å². The molecule has 4 rings (SSSR count). The monoisotopic (exact) mass is 411 g/mol. The first-order chi connectivity index (χ1) is 14.5. The van der Waals surface area contributed by atoms with E-state index in [1.807, 2.05) is 36.1 Å². The molecular weight excluding hydrogens is 374 g/mol. The topological polar surface area (TPSA) is 43.9 Å². The number of carbonyl (C=O) groups excluding carboxylic acids is 2. The number of nitrogens with zero attached hydrogens (tertiary/aromatic N) is 3. The van der Waals surface area contributed by atoms with Gasteiger partial charge in [-0.3, -0.25) is 14.5 Å². The number of hydrogen-bond donors (Lipinski definition) is 0. The Morgan fingerprint density at radius 2 is 1.50 bits per heavy atom. The smallest absolute Gasteiger partial charge is 0.253 e. The van der Waals surface area contributed by atoms with E-state index >= 15 is 0 Å². The maximum absolute atomic E-state index is 13.7. The van der Waals surface area contributed by atoms with Crippen LogP contribution in [0.2, 0.25) is 0 Å². The van der Waals surface area contributed by atoms with E-state index in [2.05, 4.69) is 16.7 Å². The van der Waals surface area contributed by atoms with E-state index in [4.69, 9.17) is 0 Å². The third-order valence-corrected chi connectivity index (χ3v) is 7.48. The van der Waals surface area contributed by atoms with Crippen molar-refractivity contribution in [1.29, 1.82) is 0 Å². The van der Waals surface area contributed by atoms with Crippen LogP contribution in [0.25, 0.3) is 0 Å². The highest BCUT2D eigenvalue weighted by molar-refractivity contribution is 5.94. The summed E-state index contributed by atoms with van der Waals surface area (Å²) in [6.07, 6.45) is 8.32. The molecule has 1 aromatic rings. The summed E-state index contributed by atoms with van der Waals surface area (Å²) in [4.78, 5) is 33.1. The third kappa shape index (κ3) is 4.56. The van der Waals surface area contributed by atoms with Gasteiger partial charge < -0.3 is 9.80 Å². The second-order valence-electron chi connectivity index (χ2n) is 9.56. The van der Waals surface area contributed by atoms with Gasteiger partial charge in [0.05, 0.1) is 6.04 Å². The second-order valence-corrected chi connectivity index (χ2v) is 9.56. The van der Waals surface area contributed by atoms with Gasteiger partial charge in [0.25, 0.3) is 5.91 Å². The predicted octanol–water partition coefficient (Wildman–Crippen LogP) is 3.71. The lowest BCUT2D eigenvalue weighted by molar-refractivity contribution is -0.143. The molecule has 30 heavy (non-hydrogen) atoms. The maximum Gasteiger partial charge on any atom is 0.253 e. The van der Waals surface area contributed by atoms with Gasteiger partial charge in [0.2, 0.25) is 5.91 Å². The molecule has 1 aliphatic carbocycles. The Morgan fingerprint density at radius 3 is 2.13 bits per heavy atom. The summed E-state index contributed by atoms with van der Waals surface area (Å²) in [7, 11) is 0. The first kappa shape index (κ1) is 21.4. The number of benzene rings is 1. The summed E-state index contributed by atoms with van der Waals surface area (Å²) >= 11 is 0. The Bertz CT molecular complexity index is 733. The lowest BCUT2D eigenvalue weighted by Gasteiger charge is -2.44. The van der Waals surface area contributed by atoms with Gasteiger partial charge >= 0.3 is 0 Å². The SMILES string of the molecule is Cc1ccc(C(=O)N2CCN([C@H](C(=O)N3CCCC[C@@H]3C)C3CCCC3)CC2)cc1. The van der Waals surface area contributed by atoms with Crippen LogP contribution in [-0.2, 0) is 4.79 Å². The fourth-order valence-electron chi connectivity index (χ4n) is 5.61. The van der Waals surface area contributed by atoms with Crippen LogP contribution in [0, 0.1) is 12.8 Å². The molecule has 1 saturated carbocycles. The molecule has 164 valence electrons. The highest BCUT2D eigenvalue weighted by atomic mass is 16.2. The highest BCUT2D eigenvalue weighted by Gasteiger charge is 2.40. The summed E-state index contributed by atoms with van der Waals surface area (Å²) in [6, 6.07) is 8.21. The van der Waals surface area contributed by atoms with E-state index in [0.717, 1.165) is 38.0 Å². The van der Waals surface area contributed by atoms with Gasteiger partial charge in [-0.05, 0) is 64.0 Å². The van der Waals surface area contributed by atoms with Crippen molar-refractivity contribution in [3.63, 3.8) is 0 Å². The van der Waals surface area contributed by atoms with Crippen molar-refractivity contribution in [2.45, 2.75) is 70.9 Å². The van der Waals surface area contributed by atoms with Crippen LogP contribution in [0.3, 0.4) is 0 Å². The number of carbonyl (C=O) groups is 2. The molecule has 2 saturated heterocycles. The lowest BCUT2D eigenvalue weighted by atomic mass is 9.92. The Morgan fingerprint density at radius 1 is 0.867 bits per heavy atom. The highest BCUT2D eigenvalue weighted by Crippen LogP contribution is 2.33. The van der Waals surface area contributed by atoms with Gasteiger partial charge in [-0.25, -0.2) is 0 Å². The Hall–Kier alpha value is -1.88.